The second-order valence-corrected chi connectivity index (χ2v) is 5.54. The van der Waals surface area contributed by atoms with Crippen molar-refractivity contribution in [3.8, 4) is 0 Å². The summed E-state index contributed by atoms with van der Waals surface area (Å²) < 4.78 is 55.9. The Morgan fingerprint density at radius 1 is 1.10 bits per heavy atom. The van der Waals surface area contributed by atoms with E-state index in [2.05, 4.69) is 0 Å². The molecule has 0 aliphatic rings. The normalized spacial score (nSPS) is 13.4. The van der Waals surface area contributed by atoms with Crippen LogP contribution >= 0.6 is 0 Å². The Hall–Kier alpha value is -1.08. The lowest BCUT2D eigenvalue weighted by Crippen LogP contribution is -2.49. The van der Waals surface area contributed by atoms with E-state index >= 15 is 0 Å². The highest BCUT2D eigenvalue weighted by Crippen LogP contribution is 2.30. The number of rotatable bonds is 4. The van der Waals surface area contributed by atoms with Crippen LogP contribution in [-0.2, 0) is 10.8 Å². The summed E-state index contributed by atoms with van der Waals surface area (Å²) >= 11 is 0. The summed E-state index contributed by atoms with van der Waals surface area (Å²) in [6.07, 6.45) is -4.73. The van der Waals surface area contributed by atoms with Crippen molar-refractivity contribution in [1.29, 1.82) is 0 Å². The molecule has 1 N–H and O–H groups in total. The van der Waals surface area contributed by atoms with Crippen LogP contribution in [0.5, 0.6) is 0 Å². The number of hydrogen-bond acceptors (Lipinski definition) is 2. The Morgan fingerprint density at radius 2 is 1.65 bits per heavy atom. The van der Waals surface area contributed by atoms with Crippen LogP contribution in [0.3, 0.4) is 0 Å². The highest BCUT2D eigenvalue weighted by molar-refractivity contribution is 6.47. The van der Waals surface area contributed by atoms with Crippen molar-refractivity contribution < 1.29 is 27.3 Å². The van der Waals surface area contributed by atoms with Crippen molar-refractivity contribution in [2.24, 2.45) is 0 Å². The summed E-state index contributed by atoms with van der Waals surface area (Å²) in [5.41, 5.74) is -3.33. The topological polar surface area (TPSA) is 29.5 Å². The Morgan fingerprint density at radius 3 is 2.05 bits per heavy atom. The van der Waals surface area contributed by atoms with E-state index in [1.54, 1.807) is 13.8 Å². The van der Waals surface area contributed by atoms with Gasteiger partial charge in [-0.1, -0.05) is 11.5 Å². The summed E-state index contributed by atoms with van der Waals surface area (Å²) in [6.45, 7) is 6.30. The first-order valence-electron chi connectivity index (χ1n) is 5.95. The van der Waals surface area contributed by atoms with Gasteiger partial charge in [-0.15, -0.1) is 0 Å². The van der Waals surface area contributed by atoms with Gasteiger partial charge in [-0.2, -0.15) is 13.2 Å². The van der Waals surface area contributed by atoms with Crippen LogP contribution in [0.4, 0.5) is 17.6 Å². The van der Waals surface area contributed by atoms with E-state index in [-0.39, 0.29) is 5.46 Å². The Labute approximate surface area is 116 Å². The molecule has 0 spiro atoms. The van der Waals surface area contributed by atoms with Crippen LogP contribution in [0.15, 0.2) is 18.2 Å². The van der Waals surface area contributed by atoms with Crippen LogP contribution in [0.25, 0.3) is 0 Å². The predicted molar refractivity (Wildman–Crippen MR) is 68.3 cm³/mol. The van der Waals surface area contributed by atoms with E-state index in [1.807, 2.05) is 0 Å². The maximum atomic E-state index is 13.4. The van der Waals surface area contributed by atoms with Gasteiger partial charge in [-0.3, -0.25) is 0 Å². The largest absolute Gasteiger partial charge is 0.427 e. The second kappa shape index (κ2) is 5.37. The molecule has 0 bridgehead atoms. The highest BCUT2D eigenvalue weighted by atomic mass is 19.4. The van der Waals surface area contributed by atoms with E-state index in [1.165, 1.54) is 13.8 Å². The molecule has 0 atom stereocenters. The summed E-state index contributed by atoms with van der Waals surface area (Å²) in [6, 6.07) is 2.50. The molecule has 0 unspecified atom stereocenters. The summed E-state index contributed by atoms with van der Waals surface area (Å²) in [7, 11) is 1.13. The molecule has 0 saturated heterocycles. The Balaban J connectivity index is 2.84. The Kier molecular flexibility index (Phi) is 4.56. The molecule has 7 heteroatoms. The van der Waals surface area contributed by atoms with Crippen molar-refractivity contribution >= 4 is 12.9 Å². The average Bonchev–Trinajstić information content (AvgIpc) is 2.23. The monoisotopic (exact) mass is 291 g/mol. The molecule has 1 aromatic rings. The SMILES string of the molecule is CC(C)(O)C(C)(C)O[B]c1ccc(C(F)(F)F)c(F)c1. The minimum Gasteiger partial charge on any atom is -0.427 e. The maximum Gasteiger partial charge on any atom is 0.419 e. The summed E-state index contributed by atoms with van der Waals surface area (Å²) in [5.74, 6) is -1.36. The molecular weight excluding hydrogens is 275 g/mol. The van der Waals surface area contributed by atoms with Crippen molar-refractivity contribution in [3.63, 3.8) is 0 Å². The Bertz CT molecular complexity index is 478. The number of benzene rings is 1. The van der Waals surface area contributed by atoms with Gasteiger partial charge in [0.1, 0.15) is 5.82 Å². The molecule has 0 aliphatic carbocycles. The van der Waals surface area contributed by atoms with Crippen molar-refractivity contribution in [2.45, 2.75) is 45.1 Å². The number of alkyl halides is 3. The molecule has 0 amide bonds. The third kappa shape index (κ3) is 3.96. The zero-order valence-corrected chi connectivity index (χ0v) is 11.7. The van der Waals surface area contributed by atoms with Crippen molar-refractivity contribution in [1.82, 2.24) is 0 Å². The van der Waals surface area contributed by atoms with Crippen LogP contribution < -0.4 is 5.46 Å². The molecule has 0 aromatic heterocycles. The van der Waals surface area contributed by atoms with E-state index in [0.717, 1.165) is 19.6 Å². The van der Waals surface area contributed by atoms with Crippen LogP contribution in [0.1, 0.15) is 33.3 Å². The first-order valence-corrected chi connectivity index (χ1v) is 5.95. The number of halogens is 4. The zero-order chi connectivity index (χ0) is 15.8. The average molecular weight is 291 g/mol. The fourth-order valence-electron chi connectivity index (χ4n) is 1.19. The predicted octanol–water partition coefficient (Wildman–Crippen LogP) is 2.66. The third-order valence-electron chi connectivity index (χ3n) is 3.26. The summed E-state index contributed by atoms with van der Waals surface area (Å²) in [5, 5.41) is 9.86. The molecule has 111 valence electrons. The van der Waals surface area contributed by atoms with Gasteiger partial charge in [-0.25, -0.2) is 4.39 Å². The fourth-order valence-corrected chi connectivity index (χ4v) is 1.19. The molecule has 0 fully saturated rings. The van der Waals surface area contributed by atoms with Gasteiger partial charge in [0.15, 0.2) is 0 Å². The second-order valence-electron chi connectivity index (χ2n) is 5.54. The minimum absolute atomic E-state index is 0.146. The lowest BCUT2D eigenvalue weighted by molar-refractivity contribution is -0.139. The third-order valence-corrected chi connectivity index (χ3v) is 3.26. The summed E-state index contributed by atoms with van der Waals surface area (Å²) in [4.78, 5) is 0. The lowest BCUT2D eigenvalue weighted by Gasteiger charge is -2.37. The van der Waals surface area contributed by atoms with E-state index in [9.17, 15) is 22.7 Å². The number of aliphatic hydroxyl groups is 1. The van der Waals surface area contributed by atoms with Gasteiger partial charge in [0.05, 0.1) is 16.8 Å². The van der Waals surface area contributed by atoms with E-state index in [4.69, 9.17) is 4.65 Å². The standard InChI is InChI=1S/C13H16BF4O2/c1-11(2,19)12(3,4)20-14-8-5-6-9(10(15)7-8)13(16,17)18/h5-7,19H,1-4H3. The number of hydrogen-bond donors (Lipinski definition) is 1. The van der Waals surface area contributed by atoms with E-state index in [0.29, 0.717) is 6.07 Å². The quantitative estimate of drug-likeness (QED) is 0.682. The van der Waals surface area contributed by atoms with Gasteiger partial charge >= 0.3 is 13.7 Å². The highest BCUT2D eigenvalue weighted by Gasteiger charge is 2.36. The van der Waals surface area contributed by atoms with Gasteiger partial charge < -0.3 is 9.76 Å². The molecule has 1 radical (unpaired) electrons. The van der Waals surface area contributed by atoms with Crippen LogP contribution in [0, 0.1) is 5.82 Å². The first-order chi connectivity index (χ1) is 8.84. The molecule has 2 nitrogen and oxygen atoms in total. The van der Waals surface area contributed by atoms with Gasteiger partial charge in [0.25, 0.3) is 0 Å². The molecule has 1 rings (SSSR count). The maximum absolute atomic E-state index is 13.4. The first kappa shape index (κ1) is 17.0. The lowest BCUT2D eigenvalue weighted by atomic mass is 9.82. The van der Waals surface area contributed by atoms with Gasteiger partial charge in [0.2, 0.25) is 0 Å². The smallest absolute Gasteiger partial charge is 0.419 e. The van der Waals surface area contributed by atoms with Gasteiger partial charge in [0, 0.05) is 0 Å². The van der Waals surface area contributed by atoms with Crippen molar-refractivity contribution in [2.75, 3.05) is 0 Å². The van der Waals surface area contributed by atoms with Crippen molar-refractivity contribution in [3.05, 3.63) is 29.6 Å². The molecular formula is C13H16BF4O2. The fraction of sp³-hybridized carbons (Fsp3) is 0.538. The minimum atomic E-state index is -4.73. The zero-order valence-electron chi connectivity index (χ0n) is 11.7. The van der Waals surface area contributed by atoms with Crippen LogP contribution in [0.2, 0.25) is 0 Å². The molecule has 0 aliphatic heterocycles. The molecule has 0 saturated carbocycles. The van der Waals surface area contributed by atoms with Crippen LogP contribution in [-0.4, -0.2) is 23.8 Å². The molecule has 20 heavy (non-hydrogen) atoms. The molecule has 0 heterocycles. The molecule has 1 aromatic carbocycles. The van der Waals surface area contributed by atoms with Gasteiger partial charge in [-0.05, 0) is 39.8 Å². The van der Waals surface area contributed by atoms with E-state index < -0.39 is 28.8 Å².